The van der Waals surface area contributed by atoms with Gasteiger partial charge in [-0.2, -0.15) is 0 Å². The molecule has 0 saturated carbocycles. The van der Waals surface area contributed by atoms with Crippen molar-refractivity contribution in [3.63, 3.8) is 0 Å². The number of hydrogen-bond donors (Lipinski definition) is 1. The van der Waals surface area contributed by atoms with Crippen molar-refractivity contribution in [2.75, 3.05) is 44.2 Å². The second kappa shape index (κ2) is 8.28. The number of unbranched alkanes of at least 4 members (excludes halogenated alkanes) is 3. The summed E-state index contributed by atoms with van der Waals surface area (Å²) in [5.74, 6) is 0. The topological polar surface area (TPSA) is 26.7 Å². The van der Waals surface area contributed by atoms with E-state index in [1.807, 2.05) is 0 Å². The molecule has 2 rings (SSSR count). The smallest absolute Gasteiger partial charge is 0.0431 e. The lowest BCUT2D eigenvalue weighted by Gasteiger charge is -2.36. The van der Waals surface area contributed by atoms with Crippen molar-refractivity contribution in [3.8, 4) is 0 Å². The first kappa shape index (κ1) is 15.3. The number of aliphatic hydroxyl groups is 1. The summed E-state index contributed by atoms with van der Waals surface area (Å²) in [4.78, 5) is 5.09. The quantitative estimate of drug-likeness (QED) is 0.776. The number of benzene rings is 1. The highest BCUT2D eigenvalue weighted by molar-refractivity contribution is 5.53. The van der Waals surface area contributed by atoms with E-state index in [1.54, 1.807) is 0 Å². The fraction of sp³-hybridized carbons (Fsp3) is 0.647. The van der Waals surface area contributed by atoms with Crippen molar-refractivity contribution < 1.29 is 5.11 Å². The predicted octanol–water partition coefficient (Wildman–Crippen LogP) is 2.67. The van der Waals surface area contributed by atoms with Gasteiger partial charge in [-0.3, -0.25) is 4.90 Å². The highest BCUT2D eigenvalue weighted by Gasteiger charge is 2.17. The van der Waals surface area contributed by atoms with Gasteiger partial charge in [0.15, 0.2) is 0 Å². The molecule has 1 aromatic carbocycles. The molecule has 0 bridgehead atoms. The number of para-hydroxylation sites is 1. The zero-order valence-electron chi connectivity index (χ0n) is 12.7. The van der Waals surface area contributed by atoms with Gasteiger partial charge >= 0.3 is 0 Å². The third kappa shape index (κ3) is 4.50. The molecule has 0 atom stereocenters. The Morgan fingerprint density at radius 1 is 0.950 bits per heavy atom. The van der Waals surface area contributed by atoms with Gasteiger partial charge in [0.05, 0.1) is 0 Å². The normalized spacial score (nSPS) is 16.6. The summed E-state index contributed by atoms with van der Waals surface area (Å²) >= 11 is 0. The molecular formula is C17H28N2O. The van der Waals surface area contributed by atoms with E-state index in [-0.39, 0.29) is 0 Å². The Balaban J connectivity index is 1.69. The van der Waals surface area contributed by atoms with Crippen LogP contribution in [0.3, 0.4) is 0 Å². The minimum absolute atomic E-state index is 0.342. The largest absolute Gasteiger partial charge is 0.396 e. The maximum Gasteiger partial charge on any atom is 0.0431 e. The number of rotatable bonds is 7. The molecule has 0 spiro atoms. The van der Waals surface area contributed by atoms with Crippen LogP contribution in [0.4, 0.5) is 5.69 Å². The van der Waals surface area contributed by atoms with Gasteiger partial charge in [0.25, 0.3) is 0 Å². The molecule has 20 heavy (non-hydrogen) atoms. The number of nitrogens with zero attached hydrogens (tertiary/aromatic N) is 2. The van der Waals surface area contributed by atoms with E-state index in [2.05, 4.69) is 41.0 Å². The highest BCUT2D eigenvalue weighted by atomic mass is 16.2. The molecule has 1 aromatic rings. The van der Waals surface area contributed by atoms with Gasteiger partial charge < -0.3 is 10.0 Å². The fourth-order valence-electron chi connectivity index (χ4n) is 2.93. The third-order valence-electron chi connectivity index (χ3n) is 4.21. The van der Waals surface area contributed by atoms with Crippen LogP contribution in [0.2, 0.25) is 0 Å². The number of aryl methyl sites for hydroxylation is 1. The van der Waals surface area contributed by atoms with E-state index < -0.39 is 0 Å². The van der Waals surface area contributed by atoms with Gasteiger partial charge in [-0.15, -0.1) is 0 Å². The molecule has 0 aromatic heterocycles. The second-order valence-electron chi connectivity index (χ2n) is 5.75. The van der Waals surface area contributed by atoms with Crippen molar-refractivity contribution in [1.29, 1.82) is 0 Å². The highest BCUT2D eigenvalue weighted by Crippen LogP contribution is 2.20. The van der Waals surface area contributed by atoms with Gasteiger partial charge in [-0.1, -0.05) is 31.0 Å². The Kier molecular flexibility index (Phi) is 6.34. The van der Waals surface area contributed by atoms with E-state index in [1.165, 1.54) is 50.1 Å². The average Bonchev–Trinajstić information content (AvgIpc) is 2.48. The molecule has 1 N–H and O–H groups in total. The molecule has 1 heterocycles. The number of piperazine rings is 1. The molecule has 0 unspecified atom stereocenters. The summed E-state index contributed by atoms with van der Waals surface area (Å²) < 4.78 is 0. The van der Waals surface area contributed by atoms with Crippen LogP contribution >= 0.6 is 0 Å². The molecule has 1 fully saturated rings. The lowest BCUT2D eigenvalue weighted by molar-refractivity contribution is 0.247. The maximum atomic E-state index is 8.76. The molecular weight excluding hydrogens is 248 g/mol. The summed E-state index contributed by atoms with van der Waals surface area (Å²) in [5, 5.41) is 8.76. The Bertz CT molecular complexity index is 386. The third-order valence-corrected chi connectivity index (χ3v) is 4.21. The number of aliphatic hydroxyl groups excluding tert-OH is 1. The fourth-order valence-corrected chi connectivity index (χ4v) is 2.93. The lowest BCUT2D eigenvalue weighted by Crippen LogP contribution is -2.46. The predicted molar refractivity (Wildman–Crippen MR) is 85.4 cm³/mol. The lowest BCUT2D eigenvalue weighted by atomic mass is 10.1. The first-order chi connectivity index (χ1) is 9.81. The van der Waals surface area contributed by atoms with Crippen molar-refractivity contribution in [1.82, 2.24) is 4.90 Å². The standard InChI is InChI=1S/C17H28N2O/c1-16-8-4-5-9-17(16)19-13-11-18(12-14-19)10-6-2-3-7-15-20/h4-5,8-9,20H,2-3,6-7,10-15H2,1H3. The van der Waals surface area contributed by atoms with Gasteiger partial charge in [-0.25, -0.2) is 0 Å². The Labute approximate surface area is 123 Å². The molecule has 3 heteroatoms. The van der Waals surface area contributed by atoms with Gasteiger partial charge in [0.1, 0.15) is 0 Å². The van der Waals surface area contributed by atoms with Crippen LogP contribution in [0.1, 0.15) is 31.2 Å². The summed E-state index contributed by atoms with van der Waals surface area (Å²) in [6.07, 6.45) is 4.64. The van der Waals surface area contributed by atoms with E-state index >= 15 is 0 Å². The van der Waals surface area contributed by atoms with Crippen molar-refractivity contribution in [2.45, 2.75) is 32.6 Å². The summed E-state index contributed by atoms with van der Waals surface area (Å²) in [7, 11) is 0. The Morgan fingerprint density at radius 3 is 2.35 bits per heavy atom. The number of anilines is 1. The van der Waals surface area contributed by atoms with E-state index in [9.17, 15) is 0 Å². The van der Waals surface area contributed by atoms with Crippen molar-refractivity contribution in [2.24, 2.45) is 0 Å². The summed E-state index contributed by atoms with van der Waals surface area (Å²) in [5.41, 5.74) is 2.78. The molecule has 1 aliphatic rings. The molecule has 0 radical (unpaired) electrons. The zero-order chi connectivity index (χ0) is 14.2. The molecule has 3 nitrogen and oxygen atoms in total. The van der Waals surface area contributed by atoms with Crippen LogP contribution in [-0.4, -0.2) is 49.3 Å². The van der Waals surface area contributed by atoms with Gasteiger partial charge in [0, 0.05) is 38.5 Å². The van der Waals surface area contributed by atoms with Crippen LogP contribution in [0.25, 0.3) is 0 Å². The van der Waals surface area contributed by atoms with Crippen molar-refractivity contribution in [3.05, 3.63) is 29.8 Å². The summed E-state index contributed by atoms with van der Waals surface area (Å²) in [6, 6.07) is 8.68. The minimum Gasteiger partial charge on any atom is -0.396 e. The first-order valence-electron chi connectivity index (χ1n) is 7.95. The van der Waals surface area contributed by atoms with Crippen LogP contribution in [0.5, 0.6) is 0 Å². The zero-order valence-corrected chi connectivity index (χ0v) is 12.7. The van der Waals surface area contributed by atoms with Crippen LogP contribution in [0.15, 0.2) is 24.3 Å². The van der Waals surface area contributed by atoms with E-state index in [0.717, 1.165) is 19.5 Å². The first-order valence-corrected chi connectivity index (χ1v) is 7.95. The van der Waals surface area contributed by atoms with Gasteiger partial charge in [-0.05, 0) is 37.9 Å². The Morgan fingerprint density at radius 2 is 1.65 bits per heavy atom. The molecule has 112 valence electrons. The average molecular weight is 276 g/mol. The number of hydrogen-bond acceptors (Lipinski definition) is 3. The van der Waals surface area contributed by atoms with Crippen LogP contribution in [0, 0.1) is 6.92 Å². The van der Waals surface area contributed by atoms with E-state index in [0.29, 0.717) is 6.61 Å². The Hall–Kier alpha value is -1.06. The monoisotopic (exact) mass is 276 g/mol. The molecule has 1 aliphatic heterocycles. The SMILES string of the molecule is Cc1ccccc1N1CCN(CCCCCCO)CC1. The molecule has 0 aliphatic carbocycles. The minimum atomic E-state index is 0.342. The van der Waals surface area contributed by atoms with Gasteiger partial charge in [0.2, 0.25) is 0 Å². The van der Waals surface area contributed by atoms with Crippen LogP contribution < -0.4 is 4.90 Å². The molecule has 1 saturated heterocycles. The van der Waals surface area contributed by atoms with E-state index in [4.69, 9.17) is 5.11 Å². The van der Waals surface area contributed by atoms with Crippen LogP contribution in [-0.2, 0) is 0 Å². The second-order valence-corrected chi connectivity index (χ2v) is 5.75. The maximum absolute atomic E-state index is 8.76. The summed E-state index contributed by atoms with van der Waals surface area (Å²) in [6.45, 7) is 8.39. The molecule has 0 amide bonds. The van der Waals surface area contributed by atoms with Crippen molar-refractivity contribution >= 4 is 5.69 Å².